The van der Waals surface area contributed by atoms with Gasteiger partial charge in [-0.3, -0.25) is 9.59 Å². The van der Waals surface area contributed by atoms with Crippen molar-refractivity contribution in [1.29, 1.82) is 0 Å². The molecule has 0 heterocycles. The molecule has 0 radical (unpaired) electrons. The first kappa shape index (κ1) is 19.2. The van der Waals surface area contributed by atoms with Gasteiger partial charge in [-0.1, -0.05) is 12.1 Å². The first-order valence-electron chi connectivity index (χ1n) is 7.85. The first-order valence-corrected chi connectivity index (χ1v) is 7.85. The van der Waals surface area contributed by atoms with Crippen LogP contribution in [-0.2, 0) is 20.7 Å². The van der Waals surface area contributed by atoms with E-state index in [0.29, 0.717) is 28.3 Å². The van der Waals surface area contributed by atoms with Crippen LogP contribution in [0.3, 0.4) is 0 Å². The lowest BCUT2D eigenvalue weighted by Gasteiger charge is -2.10. The number of methoxy groups -OCH3 is 2. The standard InChI is InChI=1S/C19H20FNO5/c1-12-4-6-14(10-15(12)20)21-18(22)11-26-19(23)9-13-5-7-16(24-2)17(8-13)25-3/h4-8,10H,9,11H2,1-3H3,(H,21,22). The number of aryl methyl sites for hydroxylation is 1. The second kappa shape index (κ2) is 8.84. The predicted molar refractivity (Wildman–Crippen MR) is 94.0 cm³/mol. The zero-order valence-electron chi connectivity index (χ0n) is 14.8. The quantitative estimate of drug-likeness (QED) is 0.768. The van der Waals surface area contributed by atoms with Crippen molar-refractivity contribution in [3.8, 4) is 11.5 Å². The van der Waals surface area contributed by atoms with Gasteiger partial charge in [0.05, 0.1) is 20.6 Å². The van der Waals surface area contributed by atoms with E-state index in [4.69, 9.17) is 14.2 Å². The molecule has 7 heteroatoms. The van der Waals surface area contributed by atoms with Crippen molar-refractivity contribution in [2.45, 2.75) is 13.3 Å². The lowest BCUT2D eigenvalue weighted by atomic mass is 10.1. The first-order chi connectivity index (χ1) is 12.4. The Bertz CT molecular complexity index is 807. The van der Waals surface area contributed by atoms with E-state index in [-0.39, 0.29) is 6.42 Å². The lowest BCUT2D eigenvalue weighted by molar-refractivity contribution is -0.146. The Morgan fingerprint density at radius 2 is 1.77 bits per heavy atom. The van der Waals surface area contributed by atoms with E-state index in [1.54, 1.807) is 37.3 Å². The largest absolute Gasteiger partial charge is 0.493 e. The zero-order chi connectivity index (χ0) is 19.1. The van der Waals surface area contributed by atoms with Crippen LogP contribution in [0.2, 0.25) is 0 Å². The summed E-state index contributed by atoms with van der Waals surface area (Å²) in [6.45, 7) is 1.17. The van der Waals surface area contributed by atoms with E-state index in [1.165, 1.54) is 20.3 Å². The highest BCUT2D eigenvalue weighted by molar-refractivity contribution is 5.92. The normalized spacial score (nSPS) is 10.2. The minimum atomic E-state index is -0.567. The van der Waals surface area contributed by atoms with E-state index in [0.717, 1.165) is 0 Å². The number of rotatable bonds is 7. The van der Waals surface area contributed by atoms with Crippen LogP contribution in [0.15, 0.2) is 36.4 Å². The van der Waals surface area contributed by atoms with Crippen LogP contribution in [0.25, 0.3) is 0 Å². The molecule has 2 aromatic carbocycles. The van der Waals surface area contributed by atoms with Gasteiger partial charge in [-0.25, -0.2) is 4.39 Å². The molecule has 0 atom stereocenters. The third-order valence-electron chi connectivity index (χ3n) is 3.62. The summed E-state index contributed by atoms with van der Waals surface area (Å²) in [5.41, 5.74) is 1.44. The second-order valence-corrected chi connectivity index (χ2v) is 5.54. The summed E-state index contributed by atoms with van der Waals surface area (Å²) in [5.74, 6) is -0.490. The molecule has 0 aliphatic rings. The number of ether oxygens (including phenoxy) is 3. The molecule has 0 aliphatic heterocycles. The molecule has 1 amide bonds. The highest BCUT2D eigenvalue weighted by atomic mass is 19.1. The molecule has 138 valence electrons. The number of carbonyl (C=O) groups is 2. The summed E-state index contributed by atoms with van der Waals surface area (Å²) < 4.78 is 28.7. The molecule has 0 spiro atoms. The van der Waals surface area contributed by atoms with Gasteiger partial charge >= 0.3 is 5.97 Å². The van der Waals surface area contributed by atoms with Crippen molar-refractivity contribution >= 4 is 17.6 Å². The number of halogens is 1. The van der Waals surface area contributed by atoms with Crippen LogP contribution in [0.5, 0.6) is 11.5 Å². The van der Waals surface area contributed by atoms with Crippen molar-refractivity contribution in [2.24, 2.45) is 0 Å². The van der Waals surface area contributed by atoms with E-state index in [9.17, 15) is 14.0 Å². The van der Waals surface area contributed by atoms with Gasteiger partial charge in [0.2, 0.25) is 0 Å². The molecule has 26 heavy (non-hydrogen) atoms. The summed E-state index contributed by atoms with van der Waals surface area (Å²) in [5, 5.41) is 2.47. The molecular weight excluding hydrogens is 341 g/mol. The molecular formula is C19H20FNO5. The Hall–Kier alpha value is -3.09. The molecule has 0 saturated carbocycles. The molecule has 0 aliphatic carbocycles. The third kappa shape index (κ3) is 5.20. The number of nitrogens with one attached hydrogen (secondary N) is 1. The molecule has 2 aromatic rings. The summed E-state index contributed by atoms with van der Waals surface area (Å²) in [6.07, 6.45) is -0.0210. The average Bonchev–Trinajstić information content (AvgIpc) is 2.63. The summed E-state index contributed by atoms with van der Waals surface area (Å²) >= 11 is 0. The Labute approximate surface area is 150 Å². The number of benzene rings is 2. The fraction of sp³-hybridized carbons (Fsp3) is 0.263. The molecule has 0 bridgehead atoms. The zero-order valence-corrected chi connectivity index (χ0v) is 14.8. The number of hydrogen-bond donors (Lipinski definition) is 1. The van der Waals surface area contributed by atoms with Gasteiger partial charge in [0.1, 0.15) is 5.82 Å². The molecule has 6 nitrogen and oxygen atoms in total. The minimum Gasteiger partial charge on any atom is -0.493 e. The molecule has 2 rings (SSSR count). The number of esters is 1. The molecule has 0 aromatic heterocycles. The van der Waals surface area contributed by atoms with Crippen LogP contribution < -0.4 is 14.8 Å². The number of anilines is 1. The van der Waals surface area contributed by atoms with Gasteiger partial charge in [0.15, 0.2) is 18.1 Å². The summed E-state index contributed by atoms with van der Waals surface area (Å²) in [4.78, 5) is 23.7. The smallest absolute Gasteiger partial charge is 0.310 e. The molecule has 0 unspecified atom stereocenters. The maximum absolute atomic E-state index is 13.4. The highest BCUT2D eigenvalue weighted by Crippen LogP contribution is 2.27. The summed E-state index contributed by atoms with van der Waals surface area (Å²) in [6, 6.07) is 9.38. The van der Waals surface area contributed by atoms with Crippen LogP contribution in [0, 0.1) is 12.7 Å². The maximum Gasteiger partial charge on any atom is 0.310 e. The average molecular weight is 361 g/mol. The van der Waals surface area contributed by atoms with Crippen molar-refractivity contribution in [2.75, 3.05) is 26.1 Å². The van der Waals surface area contributed by atoms with Crippen molar-refractivity contribution in [3.05, 3.63) is 53.3 Å². The van der Waals surface area contributed by atoms with Gasteiger partial charge < -0.3 is 19.5 Å². The lowest BCUT2D eigenvalue weighted by Crippen LogP contribution is -2.21. The van der Waals surface area contributed by atoms with E-state index < -0.39 is 24.3 Å². The highest BCUT2D eigenvalue weighted by Gasteiger charge is 2.12. The molecule has 0 fully saturated rings. The summed E-state index contributed by atoms with van der Waals surface area (Å²) in [7, 11) is 3.02. The van der Waals surface area contributed by atoms with Crippen LogP contribution >= 0.6 is 0 Å². The molecule has 1 N–H and O–H groups in total. The van der Waals surface area contributed by atoms with Gasteiger partial charge in [-0.15, -0.1) is 0 Å². The Balaban J connectivity index is 1.86. The van der Waals surface area contributed by atoms with Gasteiger partial charge in [0, 0.05) is 5.69 Å². The van der Waals surface area contributed by atoms with Gasteiger partial charge in [-0.2, -0.15) is 0 Å². The van der Waals surface area contributed by atoms with E-state index in [1.807, 2.05) is 0 Å². The monoisotopic (exact) mass is 361 g/mol. The second-order valence-electron chi connectivity index (χ2n) is 5.54. The molecule has 0 saturated heterocycles. The van der Waals surface area contributed by atoms with Crippen LogP contribution in [0.1, 0.15) is 11.1 Å². The van der Waals surface area contributed by atoms with Crippen molar-refractivity contribution in [3.63, 3.8) is 0 Å². The Morgan fingerprint density at radius 1 is 1.04 bits per heavy atom. The SMILES string of the molecule is COc1ccc(CC(=O)OCC(=O)Nc2ccc(C)c(F)c2)cc1OC. The topological polar surface area (TPSA) is 73.9 Å². The van der Waals surface area contributed by atoms with Crippen LogP contribution in [0.4, 0.5) is 10.1 Å². The van der Waals surface area contributed by atoms with Crippen LogP contribution in [-0.4, -0.2) is 32.7 Å². The Morgan fingerprint density at radius 3 is 2.42 bits per heavy atom. The fourth-order valence-electron chi connectivity index (χ4n) is 2.22. The van der Waals surface area contributed by atoms with Crippen molar-refractivity contribution < 1.29 is 28.2 Å². The van der Waals surface area contributed by atoms with E-state index in [2.05, 4.69) is 5.32 Å². The van der Waals surface area contributed by atoms with E-state index >= 15 is 0 Å². The van der Waals surface area contributed by atoms with Crippen molar-refractivity contribution in [1.82, 2.24) is 0 Å². The maximum atomic E-state index is 13.4. The van der Waals surface area contributed by atoms with Gasteiger partial charge in [0.25, 0.3) is 5.91 Å². The predicted octanol–water partition coefficient (Wildman–Crippen LogP) is 2.88. The fourth-order valence-corrected chi connectivity index (χ4v) is 2.22. The Kier molecular flexibility index (Phi) is 6.54. The number of carbonyl (C=O) groups excluding carboxylic acids is 2. The minimum absolute atomic E-state index is 0.0210. The number of amides is 1. The van der Waals surface area contributed by atoms with Gasteiger partial charge in [-0.05, 0) is 42.3 Å². The number of hydrogen-bond acceptors (Lipinski definition) is 5. The third-order valence-corrected chi connectivity index (χ3v) is 3.62.